The summed E-state index contributed by atoms with van der Waals surface area (Å²) in [6, 6.07) is 5.09. The predicted molar refractivity (Wildman–Crippen MR) is 85.9 cm³/mol. The Bertz CT molecular complexity index is 518. The number of nitrogens with zero attached hydrogens (tertiary/aromatic N) is 1. The number of anilines is 1. The summed E-state index contributed by atoms with van der Waals surface area (Å²) in [5.41, 5.74) is 0.846. The number of nitrogens with one attached hydrogen (secondary N) is 2. The van der Waals surface area contributed by atoms with E-state index in [4.69, 9.17) is 11.6 Å². The van der Waals surface area contributed by atoms with Crippen molar-refractivity contribution in [2.75, 3.05) is 26.0 Å². The molecule has 0 bridgehead atoms. The average Bonchev–Trinajstić information content (AvgIpc) is 2.44. The van der Waals surface area contributed by atoms with Crippen LogP contribution in [0.5, 0.6) is 0 Å². The maximum Gasteiger partial charge on any atom is 0.255 e. The van der Waals surface area contributed by atoms with Crippen LogP contribution < -0.4 is 10.6 Å². The number of carbonyl (C=O) groups is 2. The first kappa shape index (κ1) is 17.5. The second kappa shape index (κ2) is 8.00. The van der Waals surface area contributed by atoms with Gasteiger partial charge >= 0.3 is 0 Å². The van der Waals surface area contributed by atoms with Gasteiger partial charge < -0.3 is 15.5 Å². The number of benzene rings is 1. The van der Waals surface area contributed by atoms with Gasteiger partial charge in [-0.2, -0.15) is 0 Å². The lowest BCUT2D eigenvalue weighted by Crippen LogP contribution is -2.34. The van der Waals surface area contributed by atoms with E-state index in [0.717, 1.165) is 6.42 Å². The largest absolute Gasteiger partial charge is 0.345 e. The number of hydrogen-bond acceptors (Lipinski definition) is 3. The Kier molecular flexibility index (Phi) is 6.65. The van der Waals surface area contributed by atoms with Gasteiger partial charge in [-0.3, -0.25) is 9.59 Å². The zero-order valence-corrected chi connectivity index (χ0v) is 13.6. The molecule has 1 unspecified atom stereocenters. The monoisotopic (exact) mass is 311 g/mol. The number of amides is 2. The molecule has 1 atom stereocenters. The second-order valence-electron chi connectivity index (χ2n) is 5.13. The van der Waals surface area contributed by atoms with Crippen LogP contribution in [-0.2, 0) is 4.79 Å². The zero-order chi connectivity index (χ0) is 16.0. The smallest absolute Gasteiger partial charge is 0.255 e. The van der Waals surface area contributed by atoms with Crippen LogP contribution in [0.25, 0.3) is 0 Å². The Balaban J connectivity index is 2.84. The van der Waals surface area contributed by atoms with Crippen LogP contribution in [0.2, 0.25) is 5.02 Å². The van der Waals surface area contributed by atoms with Gasteiger partial charge in [0, 0.05) is 25.2 Å². The molecule has 1 aromatic rings. The number of rotatable bonds is 6. The molecule has 116 valence electrons. The SMILES string of the molecule is CCC(C)NCC(=O)Nc1cc(Cl)ccc1C(=O)N(C)C. The van der Waals surface area contributed by atoms with Crippen LogP contribution in [0.15, 0.2) is 18.2 Å². The van der Waals surface area contributed by atoms with Gasteiger partial charge in [-0.05, 0) is 31.5 Å². The highest BCUT2D eigenvalue weighted by Crippen LogP contribution is 2.22. The molecule has 1 rings (SSSR count). The third-order valence-electron chi connectivity index (χ3n) is 3.12. The van der Waals surface area contributed by atoms with Crippen molar-refractivity contribution in [1.29, 1.82) is 0 Å². The van der Waals surface area contributed by atoms with Crippen molar-refractivity contribution < 1.29 is 9.59 Å². The van der Waals surface area contributed by atoms with E-state index in [9.17, 15) is 9.59 Å². The van der Waals surface area contributed by atoms with E-state index in [2.05, 4.69) is 10.6 Å². The van der Waals surface area contributed by atoms with Gasteiger partial charge in [0.1, 0.15) is 0 Å². The quantitative estimate of drug-likeness (QED) is 0.848. The van der Waals surface area contributed by atoms with Crippen molar-refractivity contribution in [3.63, 3.8) is 0 Å². The van der Waals surface area contributed by atoms with Crippen molar-refractivity contribution in [3.05, 3.63) is 28.8 Å². The predicted octanol–water partition coefficient (Wildman–Crippen LogP) is 2.37. The fraction of sp³-hybridized carbons (Fsp3) is 0.467. The molecule has 0 radical (unpaired) electrons. The van der Waals surface area contributed by atoms with Crippen molar-refractivity contribution >= 4 is 29.1 Å². The molecule has 2 N–H and O–H groups in total. The molecule has 6 heteroatoms. The van der Waals surface area contributed by atoms with E-state index in [0.29, 0.717) is 16.3 Å². The lowest BCUT2D eigenvalue weighted by molar-refractivity contribution is -0.115. The van der Waals surface area contributed by atoms with Gasteiger partial charge in [-0.1, -0.05) is 18.5 Å². The number of hydrogen-bond donors (Lipinski definition) is 2. The molecule has 0 saturated carbocycles. The molecule has 0 spiro atoms. The van der Waals surface area contributed by atoms with Crippen LogP contribution in [0.3, 0.4) is 0 Å². The number of carbonyl (C=O) groups excluding carboxylic acids is 2. The van der Waals surface area contributed by atoms with Crippen molar-refractivity contribution in [1.82, 2.24) is 10.2 Å². The molecular weight excluding hydrogens is 290 g/mol. The van der Waals surface area contributed by atoms with Gasteiger partial charge in [-0.15, -0.1) is 0 Å². The van der Waals surface area contributed by atoms with Crippen LogP contribution in [0.4, 0.5) is 5.69 Å². The number of halogens is 1. The first-order valence-corrected chi connectivity index (χ1v) is 7.27. The standard InChI is InChI=1S/C15H22ClN3O2/c1-5-10(2)17-9-14(20)18-13-8-11(16)6-7-12(13)15(21)19(3)4/h6-8,10,17H,5,9H2,1-4H3,(H,18,20). The summed E-state index contributed by atoms with van der Waals surface area (Å²) < 4.78 is 0. The molecule has 0 aliphatic carbocycles. The van der Waals surface area contributed by atoms with E-state index in [1.54, 1.807) is 32.3 Å². The topological polar surface area (TPSA) is 61.4 Å². The van der Waals surface area contributed by atoms with Crippen molar-refractivity contribution in [2.45, 2.75) is 26.3 Å². The average molecular weight is 312 g/mol. The lowest BCUT2D eigenvalue weighted by Gasteiger charge is -2.16. The second-order valence-corrected chi connectivity index (χ2v) is 5.56. The fourth-order valence-electron chi connectivity index (χ4n) is 1.65. The van der Waals surface area contributed by atoms with Crippen LogP contribution in [-0.4, -0.2) is 43.4 Å². The Morgan fingerprint density at radius 1 is 1.33 bits per heavy atom. The highest BCUT2D eigenvalue weighted by atomic mass is 35.5. The minimum absolute atomic E-state index is 0.183. The minimum atomic E-state index is -0.203. The van der Waals surface area contributed by atoms with Crippen LogP contribution in [0, 0.1) is 0 Å². The summed E-state index contributed by atoms with van der Waals surface area (Å²) in [4.78, 5) is 25.5. The Hall–Kier alpha value is -1.59. The summed E-state index contributed by atoms with van der Waals surface area (Å²) in [6.07, 6.45) is 0.939. The van der Waals surface area contributed by atoms with Gasteiger partial charge in [-0.25, -0.2) is 0 Å². The molecular formula is C15H22ClN3O2. The van der Waals surface area contributed by atoms with Gasteiger partial charge in [0.2, 0.25) is 5.91 Å². The lowest BCUT2D eigenvalue weighted by atomic mass is 10.1. The van der Waals surface area contributed by atoms with E-state index in [1.807, 2.05) is 13.8 Å². The summed E-state index contributed by atoms with van der Waals surface area (Å²) in [5, 5.41) is 6.30. The minimum Gasteiger partial charge on any atom is -0.345 e. The molecule has 21 heavy (non-hydrogen) atoms. The van der Waals surface area contributed by atoms with Crippen molar-refractivity contribution in [2.24, 2.45) is 0 Å². The first-order valence-electron chi connectivity index (χ1n) is 6.89. The summed E-state index contributed by atoms with van der Waals surface area (Å²) in [6.45, 7) is 4.24. The zero-order valence-electron chi connectivity index (χ0n) is 12.9. The van der Waals surface area contributed by atoms with E-state index in [1.165, 1.54) is 4.90 Å². The fourth-order valence-corrected chi connectivity index (χ4v) is 1.83. The Labute approximate surface area is 130 Å². The highest BCUT2D eigenvalue weighted by molar-refractivity contribution is 6.31. The Morgan fingerprint density at radius 3 is 2.57 bits per heavy atom. The van der Waals surface area contributed by atoms with E-state index >= 15 is 0 Å². The van der Waals surface area contributed by atoms with Gasteiger partial charge in [0.15, 0.2) is 0 Å². The van der Waals surface area contributed by atoms with Crippen LogP contribution >= 0.6 is 11.6 Å². The maximum atomic E-state index is 12.1. The molecule has 0 heterocycles. The molecule has 0 fully saturated rings. The maximum absolute atomic E-state index is 12.1. The molecule has 0 aromatic heterocycles. The van der Waals surface area contributed by atoms with Crippen LogP contribution in [0.1, 0.15) is 30.6 Å². The van der Waals surface area contributed by atoms with Gasteiger partial charge in [0.25, 0.3) is 5.91 Å². The van der Waals surface area contributed by atoms with Gasteiger partial charge in [0.05, 0.1) is 17.8 Å². The molecule has 0 saturated heterocycles. The first-order chi connectivity index (χ1) is 9.85. The summed E-state index contributed by atoms with van der Waals surface area (Å²) in [5.74, 6) is -0.387. The molecule has 5 nitrogen and oxygen atoms in total. The van der Waals surface area contributed by atoms with E-state index in [-0.39, 0.29) is 24.4 Å². The molecule has 2 amide bonds. The normalized spacial score (nSPS) is 11.9. The highest BCUT2D eigenvalue weighted by Gasteiger charge is 2.15. The molecule has 0 aliphatic heterocycles. The summed E-state index contributed by atoms with van der Waals surface area (Å²) >= 11 is 5.94. The summed E-state index contributed by atoms with van der Waals surface area (Å²) in [7, 11) is 3.32. The van der Waals surface area contributed by atoms with E-state index < -0.39 is 0 Å². The molecule has 1 aromatic carbocycles. The van der Waals surface area contributed by atoms with Crippen molar-refractivity contribution in [3.8, 4) is 0 Å². The molecule has 0 aliphatic rings. The third kappa shape index (κ3) is 5.36. The third-order valence-corrected chi connectivity index (χ3v) is 3.35. The Morgan fingerprint density at radius 2 is 2.00 bits per heavy atom.